The van der Waals surface area contributed by atoms with Gasteiger partial charge in [-0.2, -0.15) is 0 Å². The summed E-state index contributed by atoms with van der Waals surface area (Å²) in [6.07, 6.45) is 2.00. The Morgan fingerprint density at radius 1 is 1.33 bits per heavy atom. The van der Waals surface area contributed by atoms with Crippen molar-refractivity contribution in [3.63, 3.8) is 0 Å². The first-order valence-electron chi connectivity index (χ1n) is 7.29. The molecule has 0 aromatic heterocycles. The van der Waals surface area contributed by atoms with Crippen molar-refractivity contribution in [3.05, 3.63) is 23.3 Å². The van der Waals surface area contributed by atoms with Crippen molar-refractivity contribution >= 4 is 10.0 Å². The first-order valence-corrected chi connectivity index (χ1v) is 8.78. The van der Waals surface area contributed by atoms with E-state index in [1.165, 1.54) is 0 Å². The number of sulfonamides is 1. The molecule has 1 aliphatic rings. The molecule has 2 N–H and O–H groups in total. The first-order chi connectivity index (χ1) is 9.94. The Labute approximate surface area is 127 Å². The van der Waals surface area contributed by atoms with Crippen molar-refractivity contribution in [1.29, 1.82) is 0 Å². The third kappa shape index (κ3) is 3.96. The van der Waals surface area contributed by atoms with Crippen LogP contribution in [-0.2, 0) is 10.0 Å². The molecule has 0 aliphatic carbocycles. The summed E-state index contributed by atoms with van der Waals surface area (Å²) in [7, 11) is -1.88. The summed E-state index contributed by atoms with van der Waals surface area (Å²) < 4.78 is 32.9. The van der Waals surface area contributed by atoms with E-state index < -0.39 is 10.0 Å². The van der Waals surface area contributed by atoms with Crippen LogP contribution < -0.4 is 14.8 Å². The molecule has 1 aromatic carbocycles. The van der Waals surface area contributed by atoms with Crippen molar-refractivity contribution in [3.8, 4) is 5.75 Å². The number of nitrogens with one attached hydrogen (secondary N) is 2. The third-order valence-electron chi connectivity index (χ3n) is 3.95. The quantitative estimate of drug-likeness (QED) is 0.837. The molecule has 1 unspecified atom stereocenters. The smallest absolute Gasteiger partial charge is 0.241 e. The number of hydrogen-bond donors (Lipinski definition) is 2. The summed E-state index contributed by atoms with van der Waals surface area (Å²) in [6.45, 7) is 6.10. The van der Waals surface area contributed by atoms with Gasteiger partial charge >= 0.3 is 0 Å². The molecule has 1 aliphatic heterocycles. The van der Waals surface area contributed by atoms with Gasteiger partial charge in [0.15, 0.2) is 0 Å². The molecule has 6 heteroatoms. The van der Waals surface area contributed by atoms with Gasteiger partial charge in [0, 0.05) is 6.54 Å². The molecular formula is C15H24N2O3S. The number of aryl methyl sites for hydroxylation is 2. The number of ether oxygens (including phenoxy) is 1. The fraction of sp³-hybridized carbons (Fsp3) is 0.600. The van der Waals surface area contributed by atoms with Crippen LogP contribution >= 0.6 is 0 Å². The van der Waals surface area contributed by atoms with Crippen LogP contribution in [-0.4, -0.2) is 35.2 Å². The molecule has 1 fully saturated rings. The van der Waals surface area contributed by atoms with Crippen LogP contribution in [0, 0.1) is 19.8 Å². The zero-order valence-electron chi connectivity index (χ0n) is 12.9. The van der Waals surface area contributed by atoms with Gasteiger partial charge in [0.05, 0.1) is 12.0 Å². The van der Waals surface area contributed by atoms with Gasteiger partial charge in [-0.3, -0.25) is 0 Å². The Hall–Kier alpha value is -1.11. The van der Waals surface area contributed by atoms with Crippen LogP contribution in [0.3, 0.4) is 0 Å². The van der Waals surface area contributed by atoms with Gasteiger partial charge in [-0.25, -0.2) is 13.1 Å². The molecule has 0 radical (unpaired) electrons. The SMILES string of the molecule is COc1cc(C)c(S(=O)(=O)NCCC2CCNC2)c(C)c1. The lowest BCUT2D eigenvalue weighted by Crippen LogP contribution is -2.28. The minimum Gasteiger partial charge on any atom is -0.497 e. The van der Waals surface area contributed by atoms with Gasteiger partial charge in [0.1, 0.15) is 5.75 Å². The molecule has 0 bridgehead atoms. The summed E-state index contributed by atoms with van der Waals surface area (Å²) in [5.74, 6) is 1.26. The van der Waals surface area contributed by atoms with Crippen LogP contribution in [0.4, 0.5) is 0 Å². The maximum absolute atomic E-state index is 12.5. The predicted molar refractivity (Wildman–Crippen MR) is 83.3 cm³/mol. The Balaban J connectivity index is 2.08. The normalized spacial score (nSPS) is 18.9. The summed E-state index contributed by atoms with van der Waals surface area (Å²) in [5.41, 5.74) is 1.42. The Morgan fingerprint density at radius 3 is 2.52 bits per heavy atom. The Bertz CT molecular complexity index is 570. The van der Waals surface area contributed by atoms with E-state index in [0.29, 0.717) is 34.2 Å². The van der Waals surface area contributed by atoms with E-state index in [2.05, 4.69) is 10.0 Å². The van der Waals surface area contributed by atoms with Crippen LogP contribution in [0.15, 0.2) is 17.0 Å². The maximum Gasteiger partial charge on any atom is 0.241 e. The highest BCUT2D eigenvalue weighted by atomic mass is 32.2. The average Bonchev–Trinajstić information content (AvgIpc) is 2.90. The lowest BCUT2D eigenvalue weighted by Gasteiger charge is -2.14. The molecule has 1 heterocycles. The second-order valence-electron chi connectivity index (χ2n) is 5.64. The van der Waals surface area contributed by atoms with Gasteiger partial charge in [-0.1, -0.05) is 0 Å². The maximum atomic E-state index is 12.5. The van der Waals surface area contributed by atoms with Gasteiger partial charge in [0.2, 0.25) is 10.0 Å². The highest BCUT2D eigenvalue weighted by Crippen LogP contribution is 2.25. The van der Waals surface area contributed by atoms with E-state index in [1.54, 1.807) is 33.1 Å². The summed E-state index contributed by atoms with van der Waals surface area (Å²) >= 11 is 0. The van der Waals surface area contributed by atoms with Crippen LogP contribution in [0.5, 0.6) is 5.75 Å². The van der Waals surface area contributed by atoms with Crippen molar-refractivity contribution < 1.29 is 13.2 Å². The number of benzene rings is 1. The number of methoxy groups -OCH3 is 1. The fourth-order valence-electron chi connectivity index (χ4n) is 2.88. The zero-order chi connectivity index (χ0) is 15.5. The minimum atomic E-state index is -3.46. The van der Waals surface area contributed by atoms with Crippen LogP contribution in [0.2, 0.25) is 0 Å². The van der Waals surface area contributed by atoms with E-state index in [0.717, 1.165) is 25.9 Å². The van der Waals surface area contributed by atoms with Crippen molar-refractivity contribution in [2.75, 3.05) is 26.7 Å². The molecule has 21 heavy (non-hydrogen) atoms. The number of rotatable bonds is 6. The lowest BCUT2D eigenvalue weighted by atomic mass is 10.1. The predicted octanol–water partition coefficient (Wildman–Crippen LogP) is 1.59. The van der Waals surface area contributed by atoms with Crippen molar-refractivity contribution in [2.45, 2.75) is 31.6 Å². The van der Waals surface area contributed by atoms with Gasteiger partial charge in [-0.15, -0.1) is 0 Å². The topological polar surface area (TPSA) is 67.4 Å². The van der Waals surface area contributed by atoms with E-state index in [9.17, 15) is 8.42 Å². The molecule has 1 aromatic rings. The largest absolute Gasteiger partial charge is 0.497 e. The average molecular weight is 312 g/mol. The lowest BCUT2D eigenvalue weighted by molar-refractivity contribution is 0.413. The van der Waals surface area contributed by atoms with Gasteiger partial charge < -0.3 is 10.1 Å². The summed E-state index contributed by atoms with van der Waals surface area (Å²) in [4.78, 5) is 0.368. The van der Waals surface area contributed by atoms with Crippen molar-refractivity contribution in [1.82, 2.24) is 10.0 Å². The molecule has 0 spiro atoms. The molecular weight excluding hydrogens is 288 g/mol. The Morgan fingerprint density at radius 2 is 2.00 bits per heavy atom. The van der Waals surface area contributed by atoms with E-state index in [-0.39, 0.29) is 0 Å². The fourth-order valence-corrected chi connectivity index (χ4v) is 4.38. The molecule has 0 amide bonds. The minimum absolute atomic E-state index is 0.368. The summed E-state index contributed by atoms with van der Waals surface area (Å²) in [6, 6.07) is 3.50. The number of hydrogen-bond acceptors (Lipinski definition) is 4. The summed E-state index contributed by atoms with van der Waals surface area (Å²) in [5, 5.41) is 3.29. The highest BCUT2D eigenvalue weighted by Gasteiger charge is 2.21. The zero-order valence-corrected chi connectivity index (χ0v) is 13.7. The van der Waals surface area contributed by atoms with E-state index in [1.807, 2.05) is 0 Å². The van der Waals surface area contributed by atoms with Crippen molar-refractivity contribution in [2.24, 2.45) is 5.92 Å². The molecule has 118 valence electrons. The molecule has 1 saturated heterocycles. The van der Waals surface area contributed by atoms with Gasteiger partial charge in [-0.05, 0) is 69.0 Å². The molecule has 0 saturated carbocycles. The van der Waals surface area contributed by atoms with E-state index >= 15 is 0 Å². The van der Waals surface area contributed by atoms with Crippen LogP contribution in [0.25, 0.3) is 0 Å². The monoisotopic (exact) mass is 312 g/mol. The second-order valence-corrected chi connectivity index (χ2v) is 7.34. The second kappa shape index (κ2) is 6.77. The molecule has 5 nitrogen and oxygen atoms in total. The third-order valence-corrected chi connectivity index (χ3v) is 5.71. The van der Waals surface area contributed by atoms with Crippen LogP contribution in [0.1, 0.15) is 24.0 Å². The van der Waals surface area contributed by atoms with Gasteiger partial charge in [0.25, 0.3) is 0 Å². The molecule has 2 rings (SSSR count). The van der Waals surface area contributed by atoms with E-state index in [4.69, 9.17) is 4.74 Å². The first kappa shape index (κ1) is 16.3. The Kier molecular flexibility index (Phi) is 5.24. The highest BCUT2D eigenvalue weighted by molar-refractivity contribution is 7.89. The standard InChI is InChI=1S/C15H24N2O3S/c1-11-8-14(20-3)9-12(2)15(11)21(18,19)17-7-5-13-4-6-16-10-13/h8-9,13,16-17H,4-7,10H2,1-3H3. The molecule has 1 atom stereocenters.